The van der Waals surface area contributed by atoms with Crippen LogP contribution < -0.4 is 0 Å². The van der Waals surface area contributed by atoms with Crippen molar-refractivity contribution in [2.75, 3.05) is 0 Å². The second kappa shape index (κ2) is 11.8. The van der Waals surface area contributed by atoms with Crippen LogP contribution in [0.3, 0.4) is 0 Å². The summed E-state index contributed by atoms with van der Waals surface area (Å²) in [6.45, 7) is 0. The van der Waals surface area contributed by atoms with E-state index in [2.05, 4.69) is 191 Å². The van der Waals surface area contributed by atoms with Gasteiger partial charge in [0, 0.05) is 38.2 Å². The first kappa shape index (κ1) is 31.4. The third-order valence-electron chi connectivity index (χ3n) is 12.2. The minimum atomic E-state index is 0.817. The van der Waals surface area contributed by atoms with Crippen LogP contribution in [0.4, 0.5) is 0 Å². The van der Waals surface area contributed by atoms with E-state index in [1.54, 1.807) is 0 Å². The van der Waals surface area contributed by atoms with Crippen molar-refractivity contribution in [2.24, 2.45) is 0 Å². The largest absolute Gasteiger partial charge is 0.309 e. The molecule has 3 heterocycles. The summed E-state index contributed by atoms with van der Waals surface area (Å²) in [5, 5.41) is 14.6. The van der Waals surface area contributed by atoms with E-state index in [1.807, 2.05) is 12.1 Å². The van der Waals surface area contributed by atoms with Crippen molar-refractivity contribution < 1.29 is 0 Å². The van der Waals surface area contributed by atoms with Gasteiger partial charge < -0.3 is 4.57 Å². The van der Waals surface area contributed by atoms with Crippen LogP contribution in [-0.2, 0) is 0 Å². The van der Waals surface area contributed by atoms with E-state index in [4.69, 9.17) is 9.97 Å². The van der Waals surface area contributed by atoms with Crippen molar-refractivity contribution in [1.82, 2.24) is 19.1 Å². The molecule has 0 saturated carbocycles. The lowest BCUT2D eigenvalue weighted by Crippen LogP contribution is -2.03. The highest BCUT2D eigenvalue weighted by molar-refractivity contribution is 6.19. The fourth-order valence-corrected chi connectivity index (χ4v) is 9.56. The number of benzene rings is 10. The van der Waals surface area contributed by atoms with Gasteiger partial charge >= 0.3 is 0 Å². The van der Waals surface area contributed by atoms with Crippen molar-refractivity contribution in [3.8, 4) is 22.8 Å². The van der Waals surface area contributed by atoms with Gasteiger partial charge in [-0.1, -0.05) is 140 Å². The van der Waals surface area contributed by atoms with Gasteiger partial charge in [0.1, 0.15) is 5.69 Å². The number of aromatic nitrogens is 4. The lowest BCUT2D eigenvalue weighted by molar-refractivity contribution is 1.08. The second-order valence-corrected chi connectivity index (χ2v) is 15.4. The third kappa shape index (κ3) is 4.45. The fraction of sp³-hybridized carbons (Fsp3) is 0. The van der Waals surface area contributed by atoms with Crippen molar-refractivity contribution >= 4 is 97.7 Å². The van der Waals surface area contributed by atoms with Crippen LogP contribution in [-0.4, -0.2) is 19.1 Å². The van der Waals surface area contributed by atoms with Crippen LogP contribution in [0.1, 0.15) is 0 Å². The number of nitrogens with zero attached hydrogens (tertiary/aromatic N) is 4. The van der Waals surface area contributed by atoms with Crippen LogP contribution in [0.15, 0.2) is 194 Å². The number of hydrogen-bond acceptors (Lipinski definition) is 2. The number of fused-ring (bicyclic) bond motifs is 13. The third-order valence-corrected chi connectivity index (χ3v) is 12.2. The lowest BCUT2D eigenvalue weighted by atomic mass is 9.99. The Balaban J connectivity index is 1.08. The monoisotopic (exact) mass is 736 g/mol. The summed E-state index contributed by atoms with van der Waals surface area (Å²) in [7, 11) is 0. The minimum absolute atomic E-state index is 0.817. The van der Waals surface area contributed by atoms with Crippen molar-refractivity contribution in [1.29, 1.82) is 0 Å². The summed E-state index contributed by atoms with van der Waals surface area (Å²) in [6.07, 6.45) is 0. The average molecular weight is 737 g/mol. The lowest BCUT2D eigenvalue weighted by Gasteiger charge is -2.15. The molecule has 0 N–H and O–H groups in total. The number of rotatable bonds is 3. The highest BCUT2D eigenvalue weighted by atomic mass is 15.1. The zero-order valence-electron chi connectivity index (χ0n) is 31.3. The molecule has 0 fully saturated rings. The number of hydrogen-bond donors (Lipinski definition) is 0. The average Bonchev–Trinajstić information content (AvgIpc) is 3.80. The highest BCUT2D eigenvalue weighted by Crippen LogP contribution is 2.41. The molecule has 0 atom stereocenters. The first-order valence-corrected chi connectivity index (χ1v) is 19.8. The topological polar surface area (TPSA) is 35.6 Å². The molecule has 10 aromatic carbocycles. The summed E-state index contributed by atoms with van der Waals surface area (Å²) >= 11 is 0. The standard InChI is InChI=1S/C54H32N4/c1-3-13-40-33(11-1)21-22-35-23-24-37(30-45(35)40)52-54(56-48-18-8-7-17-47(48)55-52)58-50-20-10-6-16-43(50)46-31-38-29-39(27-25-36(38)32-51(46)58)57-49-19-9-5-15-42(49)44-28-26-34-12-2-4-14-41(34)53(44)57/h1-32H. The molecular weight excluding hydrogens is 705 g/mol. The van der Waals surface area contributed by atoms with E-state index >= 15 is 0 Å². The molecular formula is C54H32N4. The van der Waals surface area contributed by atoms with E-state index in [-0.39, 0.29) is 0 Å². The molecule has 58 heavy (non-hydrogen) atoms. The molecule has 13 aromatic rings. The maximum atomic E-state index is 5.44. The molecule has 268 valence electrons. The summed E-state index contributed by atoms with van der Waals surface area (Å²) in [5.41, 5.74) is 9.40. The molecule has 0 amide bonds. The van der Waals surface area contributed by atoms with Gasteiger partial charge in [0.25, 0.3) is 0 Å². The highest BCUT2D eigenvalue weighted by Gasteiger charge is 2.21. The zero-order chi connectivity index (χ0) is 37.9. The Morgan fingerprint density at radius 1 is 0.310 bits per heavy atom. The molecule has 3 aromatic heterocycles. The van der Waals surface area contributed by atoms with E-state index in [0.717, 1.165) is 44.8 Å². The Hall–Kier alpha value is -7.82. The molecule has 0 saturated heterocycles. The molecule has 0 aliphatic carbocycles. The molecule has 0 spiro atoms. The van der Waals surface area contributed by atoms with Crippen molar-refractivity contribution in [3.05, 3.63) is 194 Å². The van der Waals surface area contributed by atoms with Crippen molar-refractivity contribution in [3.63, 3.8) is 0 Å². The summed E-state index contributed by atoms with van der Waals surface area (Å²) in [5.74, 6) is 0.817. The Labute approximate surface area is 332 Å². The maximum absolute atomic E-state index is 5.44. The molecule has 0 bridgehead atoms. The second-order valence-electron chi connectivity index (χ2n) is 15.4. The maximum Gasteiger partial charge on any atom is 0.165 e. The fourth-order valence-electron chi connectivity index (χ4n) is 9.56. The van der Waals surface area contributed by atoms with Crippen LogP contribution >= 0.6 is 0 Å². The number of para-hydroxylation sites is 4. The van der Waals surface area contributed by atoms with E-state index < -0.39 is 0 Å². The Bertz CT molecular complexity index is 3870. The van der Waals surface area contributed by atoms with Gasteiger partial charge in [0.15, 0.2) is 5.82 Å². The Kier molecular flexibility index (Phi) is 6.41. The van der Waals surface area contributed by atoms with E-state index in [9.17, 15) is 0 Å². The predicted molar refractivity (Wildman–Crippen MR) is 244 cm³/mol. The summed E-state index contributed by atoms with van der Waals surface area (Å²) < 4.78 is 4.78. The molecule has 4 heteroatoms. The van der Waals surface area contributed by atoms with Gasteiger partial charge in [-0.2, -0.15) is 0 Å². The normalized spacial score (nSPS) is 12.1. The zero-order valence-corrected chi connectivity index (χ0v) is 31.3. The molecule has 13 rings (SSSR count). The van der Waals surface area contributed by atoms with Crippen molar-refractivity contribution in [2.45, 2.75) is 0 Å². The smallest absolute Gasteiger partial charge is 0.165 e. The quantitative estimate of drug-likeness (QED) is 0.169. The Morgan fingerprint density at radius 3 is 1.71 bits per heavy atom. The van der Waals surface area contributed by atoms with Crippen LogP contribution in [0, 0.1) is 0 Å². The van der Waals surface area contributed by atoms with Crippen LogP contribution in [0.5, 0.6) is 0 Å². The molecule has 0 aliphatic rings. The first-order chi connectivity index (χ1) is 28.7. The molecule has 0 radical (unpaired) electrons. The van der Waals surface area contributed by atoms with E-state index in [0.29, 0.717) is 0 Å². The van der Waals surface area contributed by atoms with Gasteiger partial charge in [-0.05, 0) is 92.3 Å². The minimum Gasteiger partial charge on any atom is -0.309 e. The van der Waals surface area contributed by atoms with E-state index in [1.165, 1.54) is 75.7 Å². The molecule has 0 unspecified atom stereocenters. The van der Waals surface area contributed by atoms with Gasteiger partial charge in [-0.15, -0.1) is 0 Å². The van der Waals surface area contributed by atoms with Gasteiger partial charge in [0.05, 0.1) is 33.1 Å². The summed E-state index contributed by atoms with van der Waals surface area (Å²) in [4.78, 5) is 10.8. The Morgan fingerprint density at radius 2 is 0.897 bits per heavy atom. The van der Waals surface area contributed by atoms with Gasteiger partial charge in [0.2, 0.25) is 0 Å². The van der Waals surface area contributed by atoms with Crippen LogP contribution in [0.2, 0.25) is 0 Å². The van der Waals surface area contributed by atoms with Crippen LogP contribution in [0.25, 0.3) is 120 Å². The molecule has 0 aliphatic heterocycles. The first-order valence-electron chi connectivity index (χ1n) is 19.8. The summed E-state index contributed by atoms with van der Waals surface area (Å²) in [6, 6.07) is 70.3. The SMILES string of the molecule is c1ccc2c(c1)ccc1ccc(-c3nc4ccccc4nc3-n3c4ccccc4c4cc5cc(-n6c7ccccc7c7ccc8ccccc8c76)ccc5cc43)cc12. The van der Waals surface area contributed by atoms with Gasteiger partial charge in [-0.25, -0.2) is 9.97 Å². The predicted octanol–water partition coefficient (Wildman–Crippen LogP) is 14.1. The molecule has 4 nitrogen and oxygen atoms in total. The van der Waals surface area contributed by atoms with Gasteiger partial charge in [-0.3, -0.25) is 4.57 Å².